The van der Waals surface area contributed by atoms with E-state index in [2.05, 4.69) is 0 Å². The van der Waals surface area contributed by atoms with Gasteiger partial charge >= 0.3 is 5.97 Å². The number of benzene rings is 2. The van der Waals surface area contributed by atoms with Crippen molar-refractivity contribution in [3.05, 3.63) is 65.7 Å². The predicted octanol–water partition coefficient (Wildman–Crippen LogP) is 2.26. The lowest BCUT2D eigenvalue weighted by molar-refractivity contribution is -0.135. The Labute approximate surface area is 121 Å². The predicted molar refractivity (Wildman–Crippen MR) is 76.8 cm³/mol. The van der Waals surface area contributed by atoms with Gasteiger partial charge in [-0.1, -0.05) is 30.3 Å². The first-order chi connectivity index (χ1) is 10.1. The molecule has 0 spiro atoms. The molecule has 0 amide bonds. The lowest BCUT2D eigenvalue weighted by Gasteiger charge is -2.14. The highest BCUT2D eigenvalue weighted by atomic mass is 16.6. The largest absolute Gasteiger partial charge is 0.508 e. The van der Waals surface area contributed by atoms with Crippen LogP contribution in [0.1, 0.15) is 5.56 Å². The molecule has 0 fully saturated rings. The Morgan fingerprint density at radius 1 is 1.05 bits per heavy atom. The normalized spacial score (nSPS) is 12.7. The minimum atomic E-state index is -1.62. The van der Waals surface area contributed by atoms with Gasteiger partial charge in [-0.05, 0) is 35.9 Å². The van der Waals surface area contributed by atoms with Gasteiger partial charge in [0, 0.05) is 0 Å². The molecule has 21 heavy (non-hydrogen) atoms. The zero-order chi connectivity index (χ0) is 15.2. The van der Waals surface area contributed by atoms with Crippen LogP contribution >= 0.6 is 0 Å². The van der Waals surface area contributed by atoms with Gasteiger partial charge in [-0.2, -0.15) is 0 Å². The van der Waals surface area contributed by atoms with Crippen LogP contribution in [0.2, 0.25) is 0 Å². The van der Waals surface area contributed by atoms with E-state index < -0.39 is 12.3 Å². The standard InChI is InChI=1S/C16H14O5/c17-12-6-8-13(9-7-12)21-16(20)14(15(18)19)10-11-4-2-1-3-5-11/h1-10,16-17,20H,(H,18,19)/b14-10-. The smallest absolute Gasteiger partial charge is 0.337 e. The molecule has 0 bridgehead atoms. The van der Waals surface area contributed by atoms with Gasteiger partial charge in [-0.3, -0.25) is 0 Å². The number of aromatic hydroxyl groups is 1. The number of aliphatic hydroxyl groups excluding tert-OH is 1. The molecule has 0 radical (unpaired) electrons. The summed E-state index contributed by atoms with van der Waals surface area (Å²) in [5.74, 6) is -0.972. The number of phenolic OH excluding ortho intramolecular Hbond substituents is 1. The SMILES string of the molecule is O=C(O)/C(=C/c1ccccc1)C(O)Oc1ccc(O)cc1. The number of aliphatic carboxylic acids is 1. The molecule has 5 nitrogen and oxygen atoms in total. The van der Waals surface area contributed by atoms with E-state index >= 15 is 0 Å². The van der Waals surface area contributed by atoms with E-state index in [1.807, 2.05) is 0 Å². The molecule has 0 saturated heterocycles. The van der Waals surface area contributed by atoms with Gasteiger partial charge in [0.15, 0.2) is 0 Å². The van der Waals surface area contributed by atoms with Gasteiger partial charge in [-0.25, -0.2) is 4.79 Å². The fourth-order valence-corrected chi connectivity index (χ4v) is 1.68. The molecule has 3 N–H and O–H groups in total. The number of hydrogen-bond donors (Lipinski definition) is 3. The third-order valence-electron chi connectivity index (χ3n) is 2.72. The highest BCUT2D eigenvalue weighted by Gasteiger charge is 2.20. The lowest BCUT2D eigenvalue weighted by Crippen LogP contribution is -2.23. The average Bonchev–Trinajstić information content (AvgIpc) is 2.48. The molecular formula is C16H14O5. The Kier molecular flexibility index (Phi) is 4.58. The van der Waals surface area contributed by atoms with Crippen LogP contribution in [0.25, 0.3) is 6.08 Å². The second kappa shape index (κ2) is 6.58. The van der Waals surface area contributed by atoms with Crippen LogP contribution in [0.15, 0.2) is 60.2 Å². The molecule has 2 aromatic carbocycles. The topological polar surface area (TPSA) is 87.0 Å². The van der Waals surface area contributed by atoms with Crippen molar-refractivity contribution in [2.24, 2.45) is 0 Å². The fraction of sp³-hybridized carbons (Fsp3) is 0.0625. The van der Waals surface area contributed by atoms with Crippen molar-refractivity contribution in [3.63, 3.8) is 0 Å². The number of rotatable bonds is 5. The van der Waals surface area contributed by atoms with Gasteiger partial charge in [0.2, 0.25) is 6.29 Å². The van der Waals surface area contributed by atoms with Crippen molar-refractivity contribution in [2.75, 3.05) is 0 Å². The highest BCUT2D eigenvalue weighted by molar-refractivity contribution is 5.93. The molecule has 0 aliphatic carbocycles. The molecule has 108 valence electrons. The van der Waals surface area contributed by atoms with Crippen LogP contribution in [0, 0.1) is 0 Å². The van der Waals surface area contributed by atoms with Gasteiger partial charge in [-0.15, -0.1) is 0 Å². The van der Waals surface area contributed by atoms with Crippen LogP contribution in [-0.4, -0.2) is 27.6 Å². The number of carboxylic acids is 1. The second-order valence-corrected chi connectivity index (χ2v) is 4.28. The number of carboxylic acid groups (broad SMARTS) is 1. The summed E-state index contributed by atoms with van der Waals surface area (Å²) < 4.78 is 5.16. The number of ether oxygens (including phenoxy) is 1. The van der Waals surface area contributed by atoms with Gasteiger partial charge in [0.1, 0.15) is 17.1 Å². The van der Waals surface area contributed by atoms with E-state index in [-0.39, 0.29) is 17.1 Å². The number of aliphatic hydroxyl groups is 1. The van der Waals surface area contributed by atoms with Crippen molar-refractivity contribution < 1.29 is 24.9 Å². The molecule has 5 heteroatoms. The summed E-state index contributed by atoms with van der Waals surface area (Å²) in [5.41, 5.74) is 0.359. The third kappa shape index (κ3) is 4.09. The zero-order valence-corrected chi connectivity index (χ0v) is 11.0. The first kappa shape index (κ1) is 14.6. The first-order valence-electron chi connectivity index (χ1n) is 6.20. The Morgan fingerprint density at radius 3 is 2.24 bits per heavy atom. The second-order valence-electron chi connectivity index (χ2n) is 4.28. The number of hydrogen-bond acceptors (Lipinski definition) is 4. The van der Waals surface area contributed by atoms with Crippen molar-refractivity contribution in [1.82, 2.24) is 0 Å². The minimum Gasteiger partial charge on any atom is -0.508 e. The van der Waals surface area contributed by atoms with Crippen LogP contribution in [-0.2, 0) is 4.79 Å². The highest BCUT2D eigenvalue weighted by Crippen LogP contribution is 2.19. The Hall–Kier alpha value is -2.79. The molecule has 2 aromatic rings. The maximum absolute atomic E-state index is 11.2. The molecule has 0 heterocycles. The summed E-state index contributed by atoms with van der Waals surface area (Å²) in [6.07, 6.45) is -0.278. The third-order valence-corrected chi connectivity index (χ3v) is 2.72. The van der Waals surface area contributed by atoms with E-state index in [1.54, 1.807) is 30.3 Å². The van der Waals surface area contributed by atoms with Crippen LogP contribution in [0.4, 0.5) is 0 Å². The monoisotopic (exact) mass is 286 g/mol. The zero-order valence-electron chi connectivity index (χ0n) is 11.0. The Bertz CT molecular complexity index is 631. The van der Waals surface area contributed by atoms with Crippen LogP contribution in [0.5, 0.6) is 11.5 Å². The van der Waals surface area contributed by atoms with E-state index in [4.69, 9.17) is 9.84 Å². The summed E-state index contributed by atoms with van der Waals surface area (Å²) >= 11 is 0. The van der Waals surface area contributed by atoms with Crippen LogP contribution < -0.4 is 4.74 Å². The summed E-state index contributed by atoms with van der Waals surface area (Å²) in [5, 5.41) is 28.3. The molecule has 0 aliphatic heterocycles. The molecule has 1 unspecified atom stereocenters. The summed E-state index contributed by atoms with van der Waals surface area (Å²) in [4.78, 5) is 11.2. The van der Waals surface area contributed by atoms with Gasteiger partial charge in [0.25, 0.3) is 0 Å². The van der Waals surface area contributed by atoms with Crippen molar-refractivity contribution in [1.29, 1.82) is 0 Å². The van der Waals surface area contributed by atoms with Crippen LogP contribution in [0.3, 0.4) is 0 Å². The van der Waals surface area contributed by atoms with Crippen molar-refractivity contribution in [2.45, 2.75) is 6.29 Å². The van der Waals surface area contributed by atoms with Gasteiger partial charge < -0.3 is 20.1 Å². The average molecular weight is 286 g/mol. The van der Waals surface area contributed by atoms with Crippen molar-refractivity contribution in [3.8, 4) is 11.5 Å². The maximum atomic E-state index is 11.2. The van der Waals surface area contributed by atoms with E-state index in [9.17, 15) is 15.0 Å². The quantitative estimate of drug-likeness (QED) is 0.579. The minimum absolute atomic E-state index is 0.0510. The Balaban J connectivity index is 2.20. The molecule has 0 saturated carbocycles. The maximum Gasteiger partial charge on any atom is 0.337 e. The molecular weight excluding hydrogens is 272 g/mol. The number of phenols is 1. The number of carbonyl (C=O) groups is 1. The van der Waals surface area contributed by atoms with E-state index in [0.29, 0.717) is 5.56 Å². The van der Waals surface area contributed by atoms with E-state index in [1.165, 1.54) is 30.3 Å². The van der Waals surface area contributed by atoms with E-state index in [0.717, 1.165) is 0 Å². The molecule has 2 rings (SSSR count). The summed E-state index contributed by atoms with van der Waals surface area (Å²) in [7, 11) is 0. The Morgan fingerprint density at radius 2 is 1.67 bits per heavy atom. The summed E-state index contributed by atoms with van der Waals surface area (Å²) in [6.45, 7) is 0. The first-order valence-corrected chi connectivity index (χ1v) is 6.20. The lowest BCUT2D eigenvalue weighted by atomic mass is 10.1. The fourth-order valence-electron chi connectivity index (χ4n) is 1.68. The molecule has 0 aliphatic rings. The van der Waals surface area contributed by atoms with Crippen molar-refractivity contribution >= 4 is 12.0 Å². The molecule has 0 aromatic heterocycles. The molecule has 1 atom stereocenters. The summed E-state index contributed by atoms with van der Waals surface area (Å²) in [6, 6.07) is 14.4. The van der Waals surface area contributed by atoms with Gasteiger partial charge in [0.05, 0.1) is 0 Å².